The molecule has 0 fully saturated rings. The first-order chi connectivity index (χ1) is 10.3. The molecule has 0 N–H and O–H groups in total. The van der Waals surface area contributed by atoms with Crippen LogP contribution < -0.4 is 0 Å². The van der Waals surface area contributed by atoms with Gasteiger partial charge in [0, 0.05) is 13.5 Å². The van der Waals surface area contributed by atoms with E-state index in [1.165, 1.54) is 5.56 Å². The predicted molar refractivity (Wildman–Crippen MR) is 83.9 cm³/mol. The summed E-state index contributed by atoms with van der Waals surface area (Å²) < 4.78 is 2.10. The van der Waals surface area contributed by atoms with Gasteiger partial charge in [0.05, 0.1) is 22.7 Å². The highest BCUT2D eigenvalue weighted by Crippen LogP contribution is 2.18. The number of nitrogens with zero attached hydrogens (tertiary/aromatic N) is 3. The molecule has 1 aromatic heterocycles. The van der Waals surface area contributed by atoms with E-state index in [-0.39, 0.29) is 0 Å². The largest absolute Gasteiger partial charge is 0.331 e. The third-order valence-corrected chi connectivity index (χ3v) is 3.81. The molecule has 3 rings (SSSR count). The van der Waals surface area contributed by atoms with Crippen molar-refractivity contribution in [1.29, 1.82) is 5.26 Å². The number of imidazole rings is 1. The summed E-state index contributed by atoms with van der Waals surface area (Å²) in [6.07, 6.45) is 3.09. The van der Waals surface area contributed by atoms with Crippen LogP contribution in [-0.4, -0.2) is 9.55 Å². The third kappa shape index (κ3) is 2.80. The maximum atomic E-state index is 8.98. The molecule has 0 atom stereocenters. The van der Waals surface area contributed by atoms with Crippen LogP contribution in [0.2, 0.25) is 0 Å². The first-order valence-electron chi connectivity index (χ1n) is 7.17. The van der Waals surface area contributed by atoms with E-state index in [1.54, 1.807) is 0 Å². The summed E-state index contributed by atoms with van der Waals surface area (Å²) in [5, 5.41) is 8.98. The van der Waals surface area contributed by atoms with Crippen LogP contribution >= 0.6 is 0 Å². The molecule has 0 radical (unpaired) electrons. The van der Waals surface area contributed by atoms with Crippen molar-refractivity contribution in [1.82, 2.24) is 9.55 Å². The van der Waals surface area contributed by atoms with E-state index in [4.69, 9.17) is 5.26 Å². The molecule has 3 heteroatoms. The minimum atomic E-state index is 0.682. The minimum Gasteiger partial charge on any atom is -0.331 e. The first kappa shape index (κ1) is 13.4. The van der Waals surface area contributed by atoms with Gasteiger partial charge >= 0.3 is 0 Å². The van der Waals surface area contributed by atoms with Gasteiger partial charge in [-0.3, -0.25) is 0 Å². The zero-order valence-corrected chi connectivity index (χ0v) is 12.1. The Hall–Kier alpha value is -2.60. The lowest BCUT2D eigenvalue weighted by atomic mass is 10.1. The van der Waals surface area contributed by atoms with E-state index in [9.17, 15) is 0 Å². The summed E-state index contributed by atoms with van der Waals surface area (Å²) in [5.74, 6) is 1.08. The van der Waals surface area contributed by atoms with E-state index < -0.39 is 0 Å². The fourth-order valence-corrected chi connectivity index (χ4v) is 2.63. The quantitative estimate of drug-likeness (QED) is 0.729. The predicted octanol–water partition coefficient (Wildman–Crippen LogP) is 3.62. The van der Waals surface area contributed by atoms with Crippen LogP contribution in [0.25, 0.3) is 11.0 Å². The van der Waals surface area contributed by atoms with Gasteiger partial charge in [-0.1, -0.05) is 30.3 Å². The van der Waals surface area contributed by atoms with E-state index in [0.717, 1.165) is 36.1 Å². The topological polar surface area (TPSA) is 41.6 Å². The molecule has 0 saturated heterocycles. The van der Waals surface area contributed by atoms with Gasteiger partial charge in [0.1, 0.15) is 5.82 Å². The number of benzene rings is 2. The number of rotatable bonds is 4. The number of hydrogen-bond acceptors (Lipinski definition) is 2. The minimum absolute atomic E-state index is 0.682. The van der Waals surface area contributed by atoms with Crippen LogP contribution in [0.15, 0.2) is 48.5 Å². The lowest BCUT2D eigenvalue weighted by molar-refractivity contribution is 0.733. The van der Waals surface area contributed by atoms with E-state index in [1.807, 2.05) is 31.3 Å². The number of hydrogen-bond donors (Lipinski definition) is 0. The molecule has 104 valence electrons. The Morgan fingerprint density at radius 2 is 1.90 bits per heavy atom. The molecule has 0 amide bonds. The fourth-order valence-electron chi connectivity index (χ4n) is 2.63. The van der Waals surface area contributed by atoms with Crippen LogP contribution in [0.5, 0.6) is 0 Å². The summed E-state index contributed by atoms with van der Waals surface area (Å²) in [6.45, 7) is 0. The lowest BCUT2D eigenvalue weighted by Gasteiger charge is -2.03. The molecule has 3 aromatic rings. The van der Waals surface area contributed by atoms with Gasteiger partial charge in [-0.25, -0.2) is 4.98 Å². The Morgan fingerprint density at radius 3 is 2.67 bits per heavy atom. The molecular formula is C18H17N3. The van der Waals surface area contributed by atoms with Crippen LogP contribution in [-0.2, 0) is 19.9 Å². The molecular weight excluding hydrogens is 258 g/mol. The van der Waals surface area contributed by atoms with Crippen LogP contribution in [0, 0.1) is 11.3 Å². The maximum Gasteiger partial charge on any atom is 0.109 e. The van der Waals surface area contributed by atoms with Crippen molar-refractivity contribution in [3.8, 4) is 6.07 Å². The van der Waals surface area contributed by atoms with Crippen molar-refractivity contribution in [3.63, 3.8) is 0 Å². The van der Waals surface area contributed by atoms with Gasteiger partial charge in [0.25, 0.3) is 0 Å². The summed E-state index contributed by atoms with van der Waals surface area (Å²) in [7, 11) is 2.02. The average Bonchev–Trinajstić information content (AvgIpc) is 2.84. The molecule has 0 saturated carbocycles. The van der Waals surface area contributed by atoms with Crippen molar-refractivity contribution < 1.29 is 0 Å². The standard InChI is InChI=1S/C18H17N3/c1-21-17-12-15(13-19)10-11-16(17)20-18(21)9-5-8-14-6-3-2-4-7-14/h2-4,6-7,10-12H,5,8-9H2,1H3. The van der Waals surface area contributed by atoms with Crippen LogP contribution in [0.4, 0.5) is 0 Å². The molecule has 21 heavy (non-hydrogen) atoms. The molecule has 3 nitrogen and oxygen atoms in total. The smallest absolute Gasteiger partial charge is 0.109 e. The molecule has 0 spiro atoms. The molecule has 1 heterocycles. The van der Waals surface area contributed by atoms with Crippen LogP contribution in [0.1, 0.15) is 23.4 Å². The zero-order chi connectivity index (χ0) is 14.7. The summed E-state index contributed by atoms with van der Waals surface area (Å²) in [5.41, 5.74) is 4.04. The molecule has 0 bridgehead atoms. The number of aromatic nitrogens is 2. The summed E-state index contributed by atoms with van der Waals surface area (Å²) in [6, 6.07) is 18.4. The Labute approximate surface area is 124 Å². The summed E-state index contributed by atoms with van der Waals surface area (Å²) in [4.78, 5) is 4.67. The van der Waals surface area contributed by atoms with Gasteiger partial charge in [0.15, 0.2) is 0 Å². The second-order valence-corrected chi connectivity index (χ2v) is 5.24. The van der Waals surface area contributed by atoms with Crippen molar-refractivity contribution in [3.05, 3.63) is 65.5 Å². The summed E-state index contributed by atoms with van der Waals surface area (Å²) >= 11 is 0. The molecule has 0 aliphatic heterocycles. The van der Waals surface area contributed by atoms with Crippen molar-refractivity contribution in [2.24, 2.45) is 7.05 Å². The van der Waals surface area contributed by atoms with Crippen LogP contribution in [0.3, 0.4) is 0 Å². The SMILES string of the molecule is Cn1c(CCCc2ccccc2)nc2ccc(C#N)cc21. The highest BCUT2D eigenvalue weighted by atomic mass is 15.1. The Balaban J connectivity index is 1.75. The first-order valence-corrected chi connectivity index (χ1v) is 7.17. The van der Waals surface area contributed by atoms with Crippen molar-refractivity contribution in [2.45, 2.75) is 19.3 Å². The molecule has 0 aliphatic rings. The third-order valence-electron chi connectivity index (χ3n) is 3.81. The van der Waals surface area contributed by atoms with Gasteiger partial charge in [-0.2, -0.15) is 5.26 Å². The Kier molecular flexibility index (Phi) is 3.70. The van der Waals surface area contributed by atoms with Crippen molar-refractivity contribution in [2.75, 3.05) is 0 Å². The molecule has 2 aromatic carbocycles. The fraction of sp³-hybridized carbons (Fsp3) is 0.222. The normalized spacial score (nSPS) is 10.7. The van der Waals surface area contributed by atoms with E-state index >= 15 is 0 Å². The zero-order valence-electron chi connectivity index (χ0n) is 12.1. The maximum absolute atomic E-state index is 8.98. The molecule has 0 unspecified atom stereocenters. The average molecular weight is 275 g/mol. The number of fused-ring (bicyclic) bond motifs is 1. The second-order valence-electron chi connectivity index (χ2n) is 5.24. The van der Waals surface area contributed by atoms with Gasteiger partial charge in [-0.15, -0.1) is 0 Å². The number of aryl methyl sites for hydroxylation is 3. The van der Waals surface area contributed by atoms with E-state index in [2.05, 4.69) is 39.9 Å². The lowest BCUT2D eigenvalue weighted by Crippen LogP contribution is -1.99. The number of nitriles is 1. The van der Waals surface area contributed by atoms with Gasteiger partial charge in [-0.05, 0) is 36.6 Å². The van der Waals surface area contributed by atoms with Gasteiger partial charge in [0.2, 0.25) is 0 Å². The van der Waals surface area contributed by atoms with Gasteiger partial charge < -0.3 is 4.57 Å². The molecule has 0 aliphatic carbocycles. The van der Waals surface area contributed by atoms with Crippen molar-refractivity contribution >= 4 is 11.0 Å². The highest BCUT2D eigenvalue weighted by Gasteiger charge is 2.08. The highest BCUT2D eigenvalue weighted by molar-refractivity contribution is 5.77. The second kappa shape index (κ2) is 5.80. The Morgan fingerprint density at radius 1 is 1.10 bits per heavy atom. The van der Waals surface area contributed by atoms with E-state index in [0.29, 0.717) is 5.56 Å². The monoisotopic (exact) mass is 275 g/mol. The Bertz CT molecular complexity index is 794.